The van der Waals surface area contributed by atoms with Crippen LogP contribution in [0.1, 0.15) is 5.56 Å². The zero-order valence-corrected chi connectivity index (χ0v) is 13.0. The van der Waals surface area contributed by atoms with Gasteiger partial charge in [0.05, 0.1) is 16.5 Å². The van der Waals surface area contributed by atoms with Gasteiger partial charge in [-0.25, -0.2) is 13.1 Å². The monoisotopic (exact) mass is 343 g/mol. The molecule has 0 aliphatic carbocycles. The standard InChI is InChI=1S/C14H11Cl2NO3S/c15-11-7-4-8-12(16)14(11)21(19,20)17-13(18)9-10-5-2-1-3-6-10/h1-8H,9H2,(H,17,18). The number of carbonyl (C=O) groups excluding carboxylic acids is 1. The van der Waals surface area contributed by atoms with Gasteiger partial charge in [-0.2, -0.15) is 0 Å². The molecule has 0 aliphatic rings. The molecule has 1 amide bonds. The fourth-order valence-corrected chi connectivity index (χ4v) is 3.89. The quantitative estimate of drug-likeness (QED) is 0.927. The van der Waals surface area contributed by atoms with Crippen LogP contribution < -0.4 is 4.72 Å². The molecule has 2 rings (SSSR count). The van der Waals surface area contributed by atoms with Crippen molar-refractivity contribution < 1.29 is 13.2 Å². The summed E-state index contributed by atoms with van der Waals surface area (Å²) >= 11 is 11.7. The third-order valence-corrected chi connectivity index (χ3v) is 4.97. The number of amides is 1. The van der Waals surface area contributed by atoms with Crippen molar-refractivity contribution in [1.29, 1.82) is 0 Å². The highest BCUT2D eigenvalue weighted by Crippen LogP contribution is 2.28. The highest BCUT2D eigenvalue weighted by molar-refractivity contribution is 7.90. The Bertz CT molecular complexity index is 741. The highest BCUT2D eigenvalue weighted by Gasteiger charge is 2.23. The lowest BCUT2D eigenvalue weighted by Crippen LogP contribution is -2.32. The maximum Gasteiger partial charge on any atom is 0.267 e. The Morgan fingerprint density at radius 3 is 2.10 bits per heavy atom. The van der Waals surface area contributed by atoms with Gasteiger partial charge >= 0.3 is 0 Å². The highest BCUT2D eigenvalue weighted by atomic mass is 35.5. The average molecular weight is 344 g/mol. The van der Waals surface area contributed by atoms with Crippen molar-refractivity contribution in [2.45, 2.75) is 11.3 Å². The maximum absolute atomic E-state index is 12.2. The molecule has 0 heterocycles. The van der Waals surface area contributed by atoms with Crippen LogP contribution >= 0.6 is 23.2 Å². The van der Waals surface area contributed by atoms with Gasteiger partial charge in [-0.3, -0.25) is 4.79 Å². The van der Waals surface area contributed by atoms with Crippen LogP contribution in [0.2, 0.25) is 10.0 Å². The fraction of sp³-hybridized carbons (Fsp3) is 0.0714. The molecule has 0 atom stereocenters. The van der Waals surface area contributed by atoms with Crippen LogP contribution in [0.25, 0.3) is 0 Å². The lowest BCUT2D eigenvalue weighted by atomic mass is 10.1. The van der Waals surface area contributed by atoms with Crippen molar-refractivity contribution >= 4 is 39.1 Å². The van der Waals surface area contributed by atoms with E-state index in [0.29, 0.717) is 5.56 Å². The molecule has 2 aromatic rings. The SMILES string of the molecule is O=C(Cc1ccccc1)NS(=O)(=O)c1c(Cl)cccc1Cl. The lowest BCUT2D eigenvalue weighted by molar-refractivity contribution is -0.118. The molecule has 7 heteroatoms. The molecule has 0 radical (unpaired) electrons. The predicted octanol–water partition coefficient (Wildman–Crippen LogP) is 3.04. The molecular formula is C14H11Cl2NO3S. The number of sulfonamides is 1. The smallest absolute Gasteiger partial charge is 0.267 e. The van der Waals surface area contributed by atoms with E-state index in [1.807, 2.05) is 10.8 Å². The summed E-state index contributed by atoms with van der Waals surface area (Å²) in [5, 5.41) is -0.0787. The van der Waals surface area contributed by atoms with E-state index < -0.39 is 15.9 Å². The van der Waals surface area contributed by atoms with Crippen molar-refractivity contribution in [3.05, 3.63) is 64.1 Å². The van der Waals surface area contributed by atoms with Crippen LogP contribution in [0.15, 0.2) is 53.4 Å². The fourth-order valence-electron chi connectivity index (χ4n) is 1.76. The van der Waals surface area contributed by atoms with Gasteiger partial charge in [0.1, 0.15) is 4.90 Å². The van der Waals surface area contributed by atoms with Crippen LogP contribution in [-0.2, 0) is 21.2 Å². The second-order valence-corrected chi connectivity index (χ2v) is 6.68. The molecule has 0 aliphatic heterocycles. The van der Waals surface area contributed by atoms with Gasteiger partial charge in [-0.05, 0) is 17.7 Å². The van der Waals surface area contributed by atoms with Crippen molar-refractivity contribution in [3.8, 4) is 0 Å². The number of benzene rings is 2. The van der Waals surface area contributed by atoms with E-state index in [-0.39, 0.29) is 21.4 Å². The Kier molecular flexibility index (Phi) is 4.88. The molecule has 0 bridgehead atoms. The third kappa shape index (κ3) is 3.97. The number of hydrogen-bond donors (Lipinski definition) is 1. The summed E-state index contributed by atoms with van der Waals surface area (Å²) in [5.74, 6) is -0.655. The van der Waals surface area contributed by atoms with E-state index >= 15 is 0 Å². The zero-order valence-electron chi connectivity index (χ0n) is 10.7. The number of halogens is 2. The van der Waals surface area contributed by atoms with Crippen molar-refractivity contribution in [2.24, 2.45) is 0 Å². The summed E-state index contributed by atoms with van der Waals surface area (Å²) < 4.78 is 26.3. The lowest BCUT2D eigenvalue weighted by Gasteiger charge is -2.10. The Hall–Kier alpha value is -1.56. The molecular weight excluding hydrogens is 333 g/mol. The van der Waals surface area contributed by atoms with E-state index in [1.54, 1.807) is 24.3 Å². The summed E-state index contributed by atoms with van der Waals surface area (Å²) in [6.45, 7) is 0. The zero-order chi connectivity index (χ0) is 15.5. The average Bonchev–Trinajstić information content (AvgIpc) is 2.38. The number of nitrogens with one attached hydrogen (secondary N) is 1. The van der Waals surface area contributed by atoms with Gasteiger partial charge in [0, 0.05) is 0 Å². The Labute approximate surface area is 132 Å². The summed E-state index contributed by atoms with van der Waals surface area (Å²) in [6, 6.07) is 13.1. The van der Waals surface area contributed by atoms with Crippen LogP contribution in [0, 0.1) is 0 Å². The van der Waals surface area contributed by atoms with Crippen LogP contribution in [0.4, 0.5) is 0 Å². The van der Waals surface area contributed by atoms with Gasteiger partial charge in [-0.15, -0.1) is 0 Å². The minimum Gasteiger partial charge on any atom is -0.274 e. The van der Waals surface area contributed by atoms with E-state index in [0.717, 1.165) is 0 Å². The Morgan fingerprint density at radius 2 is 1.52 bits per heavy atom. The van der Waals surface area contributed by atoms with Crippen LogP contribution in [-0.4, -0.2) is 14.3 Å². The summed E-state index contributed by atoms with van der Waals surface area (Å²) in [4.78, 5) is 11.6. The normalized spacial score (nSPS) is 11.1. The van der Waals surface area contributed by atoms with Gasteiger partial charge in [-0.1, -0.05) is 59.6 Å². The van der Waals surface area contributed by atoms with E-state index in [9.17, 15) is 13.2 Å². The molecule has 2 aromatic carbocycles. The maximum atomic E-state index is 12.2. The Morgan fingerprint density at radius 1 is 0.952 bits per heavy atom. The third-order valence-electron chi connectivity index (χ3n) is 2.64. The molecule has 0 aromatic heterocycles. The molecule has 0 saturated carbocycles. The van der Waals surface area contributed by atoms with Crippen LogP contribution in [0.5, 0.6) is 0 Å². The topological polar surface area (TPSA) is 63.2 Å². The first-order chi connectivity index (χ1) is 9.90. The molecule has 21 heavy (non-hydrogen) atoms. The van der Waals surface area contributed by atoms with Gasteiger partial charge in [0.15, 0.2) is 0 Å². The van der Waals surface area contributed by atoms with Gasteiger partial charge < -0.3 is 0 Å². The van der Waals surface area contributed by atoms with Gasteiger partial charge in [0.25, 0.3) is 10.0 Å². The first kappa shape index (κ1) is 15.8. The molecule has 4 nitrogen and oxygen atoms in total. The largest absolute Gasteiger partial charge is 0.274 e. The van der Waals surface area contributed by atoms with Crippen molar-refractivity contribution in [2.75, 3.05) is 0 Å². The van der Waals surface area contributed by atoms with Crippen LogP contribution in [0.3, 0.4) is 0 Å². The molecule has 1 N–H and O–H groups in total. The van der Waals surface area contributed by atoms with Crippen molar-refractivity contribution in [3.63, 3.8) is 0 Å². The minimum absolute atomic E-state index is 0.0393. The van der Waals surface area contributed by atoms with E-state index in [1.165, 1.54) is 18.2 Å². The molecule has 110 valence electrons. The van der Waals surface area contributed by atoms with Crippen molar-refractivity contribution in [1.82, 2.24) is 4.72 Å². The van der Waals surface area contributed by atoms with E-state index in [2.05, 4.69) is 0 Å². The molecule has 0 spiro atoms. The molecule has 0 unspecified atom stereocenters. The first-order valence-electron chi connectivity index (χ1n) is 5.94. The molecule has 0 fully saturated rings. The predicted molar refractivity (Wildman–Crippen MR) is 81.9 cm³/mol. The summed E-state index contributed by atoms with van der Waals surface area (Å²) in [5.41, 5.74) is 0.704. The summed E-state index contributed by atoms with van der Waals surface area (Å²) in [6.07, 6.45) is -0.0534. The van der Waals surface area contributed by atoms with Gasteiger partial charge in [0.2, 0.25) is 5.91 Å². The molecule has 0 saturated heterocycles. The number of carbonyl (C=O) groups is 1. The second-order valence-electron chi connectivity index (χ2n) is 4.24. The number of hydrogen-bond acceptors (Lipinski definition) is 3. The Balaban J connectivity index is 2.20. The first-order valence-corrected chi connectivity index (χ1v) is 8.17. The number of rotatable bonds is 4. The van der Waals surface area contributed by atoms with E-state index in [4.69, 9.17) is 23.2 Å². The minimum atomic E-state index is -4.10. The summed E-state index contributed by atoms with van der Waals surface area (Å²) in [7, 11) is -4.10. The second kappa shape index (κ2) is 6.47.